The molecule has 5 fully saturated rings. The molecule has 1 saturated heterocycles. The number of aliphatic hydroxyl groups is 2. The lowest BCUT2D eigenvalue weighted by molar-refractivity contribution is -0.245. The van der Waals surface area contributed by atoms with Gasteiger partial charge >= 0.3 is 6.03 Å². The summed E-state index contributed by atoms with van der Waals surface area (Å²) in [6.07, 6.45) is 7.55. The zero-order chi connectivity index (χ0) is 31.5. The minimum Gasteiger partial charge on any atom is -0.396 e. The second kappa shape index (κ2) is 14.1. The van der Waals surface area contributed by atoms with E-state index in [2.05, 4.69) is 47.0 Å². The van der Waals surface area contributed by atoms with Crippen LogP contribution in [0.25, 0.3) is 11.1 Å². The lowest BCUT2D eigenvalue weighted by atomic mass is 9.53. The van der Waals surface area contributed by atoms with Crippen molar-refractivity contribution in [3.63, 3.8) is 0 Å². The molecular formula is C38H46N2O5S. The number of urea groups is 1. The van der Waals surface area contributed by atoms with Crippen molar-refractivity contribution in [3.8, 4) is 11.1 Å². The first-order chi connectivity index (χ1) is 22.5. The van der Waals surface area contributed by atoms with E-state index in [1.165, 1.54) is 19.3 Å². The average molecular weight is 643 g/mol. The predicted octanol–water partition coefficient (Wildman–Crippen LogP) is 6.88. The number of carbonyl (C=O) groups is 1. The van der Waals surface area contributed by atoms with Gasteiger partial charge in [-0.1, -0.05) is 72.8 Å². The van der Waals surface area contributed by atoms with E-state index in [-0.39, 0.29) is 37.0 Å². The van der Waals surface area contributed by atoms with E-state index in [9.17, 15) is 15.0 Å². The molecule has 8 rings (SSSR count). The van der Waals surface area contributed by atoms with E-state index in [4.69, 9.17) is 9.47 Å². The lowest BCUT2D eigenvalue weighted by Crippen LogP contribution is -2.61. The monoisotopic (exact) mass is 642 g/mol. The van der Waals surface area contributed by atoms with Gasteiger partial charge in [0.25, 0.3) is 0 Å². The Kier molecular flexibility index (Phi) is 9.70. The summed E-state index contributed by atoms with van der Waals surface area (Å²) in [6.45, 7) is 0.627. The summed E-state index contributed by atoms with van der Waals surface area (Å²) in [5.41, 5.74) is 6.12. The highest BCUT2D eigenvalue weighted by Gasteiger charge is 2.51. The van der Waals surface area contributed by atoms with Gasteiger partial charge in [0.05, 0.1) is 25.4 Å². The molecular weight excluding hydrogens is 596 g/mol. The molecule has 0 aromatic heterocycles. The molecule has 0 radical (unpaired) electrons. The van der Waals surface area contributed by atoms with Gasteiger partial charge in [0.2, 0.25) is 0 Å². The molecule has 7 nitrogen and oxygen atoms in total. The maximum Gasteiger partial charge on any atom is 0.315 e. The van der Waals surface area contributed by atoms with Crippen molar-refractivity contribution in [2.45, 2.75) is 82.1 Å². The lowest BCUT2D eigenvalue weighted by Gasteiger charge is -2.56. The van der Waals surface area contributed by atoms with Crippen LogP contribution in [-0.2, 0) is 22.6 Å². The summed E-state index contributed by atoms with van der Waals surface area (Å²) in [4.78, 5) is 13.2. The number of hydrogen-bond acceptors (Lipinski definition) is 6. The average Bonchev–Trinajstić information content (AvgIpc) is 3.07. The van der Waals surface area contributed by atoms with Crippen LogP contribution in [0, 0.1) is 17.8 Å². The molecule has 4 N–H and O–H groups in total. The highest BCUT2D eigenvalue weighted by molar-refractivity contribution is 7.99. The molecule has 1 aliphatic heterocycles. The van der Waals surface area contributed by atoms with Crippen LogP contribution in [0.3, 0.4) is 0 Å². The number of rotatable bonds is 11. The van der Waals surface area contributed by atoms with Gasteiger partial charge in [0.1, 0.15) is 0 Å². The number of nitrogens with one attached hydrogen (secondary N) is 2. The van der Waals surface area contributed by atoms with Gasteiger partial charge in [-0.15, -0.1) is 0 Å². The largest absolute Gasteiger partial charge is 0.396 e. The second-order valence-corrected chi connectivity index (χ2v) is 15.1. The van der Waals surface area contributed by atoms with E-state index < -0.39 is 6.29 Å². The fraction of sp³-hybridized carbons (Fsp3) is 0.500. The maximum absolute atomic E-state index is 13.2. The first-order valence-corrected chi connectivity index (χ1v) is 18.1. The Morgan fingerprint density at radius 3 is 2.17 bits per heavy atom. The fourth-order valence-electron chi connectivity index (χ4n) is 8.80. The van der Waals surface area contributed by atoms with Crippen LogP contribution < -0.4 is 10.6 Å². The zero-order valence-electron chi connectivity index (χ0n) is 26.4. The molecule has 46 heavy (non-hydrogen) atoms. The summed E-state index contributed by atoms with van der Waals surface area (Å²) < 4.78 is 12.9. The third kappa shape index (κ3) is 7.16. The van der Waals surface area contributed by atoms with Crippen LogP contribution in [0.1, 0.15) is 79.6 Å². The van der Waals surface area contributed by atoms with Gasteiger partial charge in [-0.25, -0.2) is 4.79 Å². The van der Waals surface area contributed by atoms with Crippen LogP contribution in [0.5, 0.6) is 0 Å². The molecule has 2 amide bonds. The van der Waals surface area contributed by atoms with Crippen molar-refractivity contribution in [1.29, 1.82) is 0 Å². The number of aliphatic hydroxyl groups excluding tert-OH is 2. The van der Waals surface area contributed by atoms with Crippen molar-refractivity contribution in [2.24, 2.45) is 17.8 Å². The molecule has 0 spiro atoms. The topological polar surface area (TPSA) is 100 Å². The Labute approximate surface area is 276 Å². The second-order valence-electron chi connectivity index (χ2n) is 13.9. The van der Waals surface area contributed by atoms with E-state index in [0.717, 1.165) is 82.6 Å². The Balaban J connectivity index is 1.02. The molecule has 3 unspecified atom stereocenters. The third-order valence-electron chi connectivity index (χ3n) is 10.5. The van der Waals surface area contributed by atoms with E-state index in [0.29, 0.717) is 12.3 Å². The molecule has 5 aliphatic rings. The Morgan fingerprint density at radius 1 is 0.826 bits per heavy atom. The number of thioether (sulfide) groups is 1. The van der Waals surface area contributed by atoms with Gasteiger partial charge in [-0.2, -0.15) is 11.8 Å². The van der Waals surface area contributed by atoms with Crippen molar-refractivity contribution in [1.82, 2.24) is 10.6 Å². The van der Waals surface area contributed by atoms with Gasteiger partial charge in [-0.3, -0.25) is 0 Å². The quantitative estimate of drug-likeness (QED) is 0.170. The number of hydrogen-bond donors (Lipinski definition) is 4. The highest BCUT2D eigenvalue weighted by Crippen LogP contribution is 2.55. The highest BCUT2D eigenvalue weighted by atomic mass is 32.2. The standard InChI is InChI=1S/C38H46N2O5S/c41-13-14-46-24-33-18-35(30-7-5-25(23-42)6-8-30)45-36(44-33)31-11-9-29(10-12-31)34-4-2-1-3-32(34)22-39-37(43)40-38-19-26-15-27(20-38)17-28(16-26)21-38/h1-12,26-28,33,35-36,41-42H,13-24H2,(H2,39,40,43). The van der Waals surface area contributed by atoms with Gasteiger partial charge < -0.3 is 30.3 Å². The normalized spacial score (nSPS) is 29.9. The SMILES string of the molecule is O=C(NCc1ccccc1-c1ccc(C2OC(CSCCO)CC(c3ccc(CO)cc3)O2)cc1)NC12CC3CC(CC(C3)C1)C2. The summed E-state index contributed by atoms with van der Waals surface area (Å²) in [5.74, 6) is 3.83. The summed E-state index contributed by atoms with van der Waals surface area (Å²) >= 11 is 1.69. The van der Waals surface area contributed by atoms with Crippen molar-refractivity contribution < 1.29 is 24.5 Å². The van der Waals surface area contributed by atoms with Gasteiger partial charge in [0.15, 0.2) is 6.29 Å². The first kappa shape index (κ1) is 31.7. The summed E-state index contributed by atoms with van der Waals surface area (Å²) in [6, 6.07) is 24.5. The van der Waals surface area contributed by atoms with Crippen molar-refractivity contribution >= 4 is 17.8 Å². The minimum atomic E-state index is -0.518. The minimum absolute atomic E-state index is 0.00411. The Hall–Kier alpha value is -2.88. The van der Waals surface area contributed by atoms with Crippen LogP contribution in [0.15, 0.2) is 72.8 Å². The van der Waals surface area contributed by atoms with Crippen molar-refractivity contribution in [2.75, 3.05) is 18.1 Å². The van der Waals surface area contributed by atoms with E-state index in [1.54, 1.807) is 11.8 Å². The molecule has 244 valence electrons. The number of carbonyl (C=O) groups excluding carboxylic acids is 1. The smallest absolute Gasteiger partial charge is 0.315 e. The van der Waals surface area contributed by atoms with Gasteiger partial charge in [-0.05, 0) is 84.1 Å². The molecule has 4 aliphatic carbocycles. The predicted molar refractivity (Wildman–Crippen MR) is 181 cm³/mol. The molecule has 3 aromatic rings. The van der Waals surface area contributed by atoms with E-state index in [1.807, 2.05) is 36.4 Å². The number of ether oxygens (including phenoxy) is 2. The summed E-state index contributed by atoms with van der Waals surface area (Å²) in [5, 5.41) is 25.4. The van der Waals surface area contributed by atoms with Crippen LogP contribution in [-0.4, -0.2) is 46.0 Å². The molecule has 8 heteroatoms. The zero-order valence-corrected chi connectivity index (χ0v) is 27.2. The Bertz CT molecular complexity index is 1440. The Morgan fingerprint density at radius 2 is 1.50 bits per heavy atom. The molecule has 1 heterocycles. The summed E-state index contributed by atoms with van der Waals surface area (Å²) in [7, 11) is 0. The van der Waals surface area contributed by atoms with Crippen LogP contribution >= 0.6 is 11.8 Å². The molecule has 3 atom stereocenters. The molecule has 4 bridgehead atoms. The fourth-order valence-corrected chi connectivity index (χ4v) is 9.58. The van der Waals surface area contributed by atoms with Crippen LogP contribution in [0.2, 0.25) is 0 Å². The van der Waals surface area contributed by atoms with Crippen LogP contribution in [0.4, 0.5) is 4.79 Å². The van der Waals surface area contributed by atoms with E-state index >= 15 is 0 Å². The molecule has 3 aromatic carbocycles. The number of amides is 2. The maximum atomic E-state index is 13.2. The molecule has 4 saturated carbocycles. The number of benzene rings is 3. The van der Waals surface area contributed by atoms with Crippen molar-refractivity contribution in [3.05, 3.63) is 95.1 Å². The third-order valence-corrected chi connectivity index (χ3v) is 11.6. The van der Waals surface area contributed by atoms with Gasteiger partial charge in [0, 0.05) is 35.6 Å². The first-order valence-electron chi connectivity index (χ1n) is 16.9.